The predicted octanol–water partition coefficient (Wildman–Crippen LogP) is 3.70. The molecule has 4 nitrogen and oxygen atoms in total. The normalized spacial score (nSPS) is 15.6. The number of fused-ring (bicyclic) bond motifs is 1. The van der Waals surface area contributed by atoms with E-state index >= 15 is 0 Å². The van der Waals surface area contributed by atoms with Gasteiger partial charge in [-0.1, -0.05) is 48.5 Å². The zero-order valence-corrected chi connectivity index (χ0v) is 15.7. The summed E-state index contributed by atoms with van der Waals surface area (Å²) < 4.78 is 2.04. The molecule has 26 heavy (non-hydrogen) atoms. The van der Waals surface area contributed by atoms with E-state index in [0.717, 1.165) is 37.4 Å². The van der Waals surface area contributed by atoms with E-state index < -0.39 is 6.10 Å². The van der Waals surface area contributed by atoms with Crippen molar-refractivity contribution in [2.24, 2.45) is 0 Å². The third-order valence-corrected chi connectivity index (χ3v) is 5.72. The van der Waals surface area contributed by atoms with Crippen LogP contribution in [0.5, 0.6) is 0 Å². The molecule has 0 radical (unpaired) electrons. The summed E-state index contributed by atoms with van der Waals surface area (Å²) in [6.07, 6.45) is 1.46. The molecule has 0 spiro atoms. The summed E-state index contributed by atoms with van der Waals surface area (Å²) in [6, 6.07) is 20.4. The topological polar surface area (TPSA) is 41.3 Å². The first-order valence-electron chi connectivity index (χ1n) is 8.88. The highest BCUT2D eigenvalue weighted by atomic mass is 32.2. The fourth-order valence-electron chi connectivity index (χ4n) is 3.49. The van der Waals surface area contributed by atoms with E-state index in [1.165, 1.54) is 16.2 Å². The van der Waals surface area contributed by atoms with Crippen molar-refractivity contribution in [2.75, 3.05) is 12.8 Å². The van der Waals surface area contributed by atoms with Crippen LogP contribution in [0, 0.1) is 0 Å². The average Bonchev–Trinajstić information content (AvgIpc) is 3.12. The number of nitrogens with zero attached hydrogens (tertiary/aromatic N) is 3. The van der Waals surface area contributed by atoms with E-state index in [-0.39, 0.29) is 0 Å². The van der Waals surface area contributed by atoms with Crippen molar-refractivity contribution in [1.82, 2.24) is 14.7 Å². The Kier molecular flexibility index (Phi) is 5.11. The number of aromatic nitrogens is 2. The Morgan fingerprint density at radius 2 is 1.85 bits per heavy atom. The van der Waals surface area contributed by atoms with Crippen molar-refractivity contribution in [3.05, 3.63) is 83.2 Å². The minimum atomic E-state index is -0.667. The van der Waals surface area contributed by atoms with Gasteiger partial charge in [-0.05, 0) is 29.5 Å². The summed E-state index contributed by atoms with van der Waals surface area (Å²) in [4.78, 5) is 3.79. The van der Waals surface area contributed by atoms with Crippen LogP contribution in [-0.2, 0) is 19.6 Å². The Labute approximate surface area is 158 Å². The number of hydrogen-bond donors (Lipinski definition) is 1. The molecule has 1 aliphatic heterocycles. The van der Waals surface area contributed by atoms with Crippen LogP contribution >= 0.6 is 11.8 Å². The maximum absolute atomic E-state index is 10.6. The second-order valence-corrected chi connectivity index (χ2v) is 7.47. The molecule has 1 N–H and O–H groups in total. The second kappa shape index (κ2) is 7.66. The Bertz CT molecular complexity index is 878. The molecule has 0 aliphatic carbocycles. The molecule has 3 aromatic rings. The summed E-state index contributed by atoms with van der Waals surface area (Å²) in [5.41, 5.74) is 4.16. The predicted molar refractivity (Wildman–Crippen MR) is 105 cm³/mol. The monoisotopic (exact) mass is 365 g/mol. The Balaban J connectivity index is 1.50. The van der Waals surface area contributed by atoms with Gasteiger partial charge < -0.3 is 5.11 Å². The van der Waals surface area contributed by atoms with E-state index in [9.17, 15) is 5.11 Å². The van der Waals surface area contributed by atoms with Crippen molar-refractivity contribution in [2.45, 2.75) is 30.6 Å². The first kappa shape index (κ1) is 17.3. The molecule has 134 valence electrons. The first-order chi connectivity index (χ1) is 12.7. The summed E-state index contributed by atoms with van der Waals surface area (Å²) in [6.45, 7) is 3.63. The van der Waals surface area contributed by atoms with Gasteiger partial charge in [0.2, 0.25) is 0 Å². The Morgan fingerprint density at radius 1 is 1.08 bits per heavy atom. The maximum atomic E-state index is 10.6. The lowest BCUT2D eigenvalue weighted by atomic mass is 10.1. The summed E-state index contributed by atoms with van der Waals surface area (Å²) in [7, 11) is 0. The summed E-state index contributed by atoms with van der Waals surface area (Å²) in [5.74, 6) is 0. The van der Waals surface area contributed by atoms with E-state index in [2.05, 4.69) is 40.5 Å². The molecule has 2 heterocycles. The van der Waals surface area contributed by atoms with Crippen LogP contribution in [0.1, 0.15) is 28.6 Å². The van der Waals surface area contributed by atoms with E-state index in [1.54, 1.807) is 11.8 Å². The van der Waals surface area contributed by atoms with Gasteiger partial charge in [0.1, 0.15) is 6.10 Å². The smallest absolute Gasteiger partial charge is 0.123 e. The lowest BCUT2D eigenvalue weighted by molar-refractivity contribution is 0.199. The third-order valence-electron chi connectivity index (χ3n) is 4.88. The minimum Gasteiger partial charge on any atom is -0.382 e. The van der Waals surface area contributed by atoms with E-state index in [4.69, 9.17) is 0 Å². The Hall–Kier alpha value is -2.08. The SMILES string of the molecule is CSc1ccccc1CN1CCn2nc([C@H](O)c3ccccc3)cc2C1. The van der Waals surface area contributed by atoms with Crippen molar-refractivity contribution in [1.29, 1.82) is 0 Å². The zero-order valence-electron chi connectivity index (χ0n) is 14.9. The van der Waals surface area contributed by atoms with Gasteiger partial charge in [-0.2, -0.15) is 5.10 Å². The standard InChI is InChI=1S/C21H23N3OS/c1-26-20-10-6-5-9-17(20)14-23-11-12-24-18(15-23)13-19(22-24)21(25)16-7-3-2-4-8-16/h2-10,13,21,25H,11-12,14-15H2,1H3/t21-/m1/s1. The van der Waals surface area contributed by atoms with Gasteiger partial charge in [-0.15, -0.1) is 11.8 Å². The number of benzene rings is 2. The number of thioether (sulfide) groups is 1. The fourth-order valence-corrected chi connectivity index (χ4v) is 4.10. The fraction of sp³-hybridized carbons (Fsp3) is 0.286. The quantitative estimate of drug-likeness (QED) is 0.700. The molecule has 0 amide bonds. The van der Waals surface area contributed by atoms with E-state index in [0.29, 0.717) is 0 Å². The van der Waals surface area contributed by atoms with Gasteiger partial charge >= 0.3 is 0 Å². The van der Waals surface area contributed by atoms with Crippen LogP contribution in [0.25, 0.3) is 0 Å². The lowest BCUT2D eigenvalue weighted by Gasteiger charge is -2.28. The van der Waals surface area contributed by atoms with Crippen LogP contribution in [0.15, 0.2) is 65.6 Å². The van der Waals surface area contributed by atoms with Gasteiger partial charge in [0, 0.05) is 24.5 Å². The van der Waals surface area contributed by atoms with E-state index in [1.807, 2.05) is 41.1 Å². The van der Waals surface area contributed by atoms with Crippen molar-refractivity contribution >= 4 is 11.8 Å². The molecular formula is C21H23N3OS. The van der Waals surface area contributed by atoms with Crippen molar-refractivity contribution in [3.63, 3.8) is 0 Å². The number of rotatable bonds is 5. The number of aliphatic hydroxyl groups excluding tert-OH is 1. The first-order valence-corrected chi connectivity index (χ1v) is 10.1. The van der Waals surface area contributed by atoms with Crippen LogP contribution in [0.2, 0.25) is 0 Å². The minimum absolute atomic E-state index is 0.667. The molecule has 5 heteroatoms. The van der Waals surface area contributed by atoms with Crippen LogP contribution < -0.4 is 0 Å². The zero-order chi connectivity index (χ0) is 17.9. The molecule has 4 rings (SSSR count). The molecule has 0 unspecified atom stereocenters. The lowest BCUT2D eigenvalue weighted by Crippen LogP contribution is -2.33. The molecular weight excluding hydrogens is 342 g/mol. The average molecular weight is 366 g/mol. The summed E-state index contributed by atoms with van der Waals surface area (Å²) >= 11 is 1.80. The van der Waals surface area contributed by atoms with Crippen LogP contribution in [0.4, 0.5) is 0 Å². The molecule has 2 aromatic carbocycles. The molecule has 1 atom stereocenters. The molecule has 0 bridgehead atoms. The van der Waals surface area contributed by atoms with Gasteiger partial charge in [-0.3, -0.25) is 9.58 Å². The largest absolute Gasteiger partial charge is 0.382 e. The Morgan fingerprint density at radius 3 is 2.65 bits per heavy atom. The summed E-state index contributed by atoms with van der Waals surface area (Å²) in [5, 5.41) is 15.3. The van der Waals surface area contributed by atoms with Gasteiger partial charge in [-0.25, -0.2) is 0 Å². The second-order valence-electron chi connectivity index (χ2n) is 6.62. The molecule has 0 saturated heterocycles. The highest BCUT2D eigenvalue weighted by Crippen LogP contribution is 2.26. The number of hydrogen-bond acceptors (Lipinski definition) is 4. The van der Waals surface area contributed by atoms with Crippen molar-refractivity contribution < 1.29 is 5.11 Å². The highest BCUT2D eigenvalue weighted by molar-refractivity contribution is 7.98. The molecule has 0 fully saturated rings. The van der Waals surface area contributed by atoms with Crippen molar-refractivity contribution in [3.8, 4) is 0 Å². The van der Waals surface area contributed by atoms with Gasteiger partial charge in [0.05, 0.1) is 17.9 Å². The molecule has 1 aliphatic rings. The van der Waals surface area contributed by atoms with Crippen LogP contribution in [-0.4, -0.2) is 32.6 Å². The van der Waals surface area contributed by atoms with Gasteiger partial charge in [0.25, 0.3) is 0 Å². The maximum Gasteiger partial charge on any atom is 0.123 e. The number of aliphatic hydroxyl groups is 1. The third kappa shape index (κ3) is 3.56. The molecule has 0 saturated carbocycles. The van der Waals surface area contributed by atoms with Crippen LogP contribution in [0.3, 0.4) is 0 Å². The molecule has 1 aromatic heterocycles. The van der Waals surface area contributed by atoms with Gasteiger partial charge in [0.15, 0.2) is 0 Å². The highest BCUT2D eigenvalue weighted by Gasteiger charge is 2.22.